The van der Waals surface area contributed by atoms with Gasteiger partial charge in [0.15, 0.2) is 5.78 Å². The van der Waals surface area contributed by atoms with Crippen molar-refractivity contribution in [3.63, 3.8) is 0 Å². The van der Waals surface area contributed by atoms with E-state index in [1.165, 1.54) is 0 Å². The lowest BCUT2D eigenvalue weighted by Gasteiger charge is -2.07. The van der Waals surface area contributed by atoms with Crippen molar-refractivity contribution in [2.75, 3.05) is 0 Å². The van der Waals surface area contributed by atoms with E-state index in [2.05, 4.69) is 0 Å². The summed E-state index contributed by atoms with van der Waals surface area (Å²) in [5.41, 5.74) is 0. The molecular weight excluding hydrogens is 128 g/mol. The van der Waals surface area contributed by atoms with Crippen LogP contribution in [0.5, 0.6) is 0 Å². The summed E-state index contributed by atoms with van der Waals surface area (Å²) in [5.74, 6) is 0.254. The minimum atomic E-state index is -0.0833. The SMILES string of the molecule is CCC(=O)C1CCC(C)O1. The maximum atomic E-state index is 11.0. The summed E-state index contributed by atoms with van der Waals surface area (Å²) in [6.45, 7) is 3.90. The van der Waals surface area contributed by atoms with Crippen LogP contribution in [0.2, 0.25) is 0 Å². The molecule has 0 N–H and O–H groups in total. The number of ketones is 1. The quantitative estimate of drug-likeness (QED) is 0.584. The average Bonchev–Trinajstić information content (AvgIpc) is 2.34. The maximum Gasteiger partial charge on any atom is 0.161 e. The van der Waals surface area contributed by atoms with Crippen molar-refractivity contribution in [1.82, 2.24) is 0 Å². The number of carbonyl (C=O) groups is 1. The molecule has 1 aliphatic rings. The number of Topliss-reactive ketones (excluding diaryl/α,β-unsaturated/α-hetero) is 1. The molecule has 0 aliphatic carbocycles. The zero-order valence-corrected chi connectivity index (χ0v) is 6.59. The first-order chi connectivity index (χ1) is 4.74. The van der Waals surface area contributed by atoms with Crippen molar-refractivity contribution in [3.8, 4) is 0 Å². The Morgan fingerprint density at radius 3 is 2.70 bits per heavy atom. The van der Waals surface area contributed by atoms with Gasteiger partial charge in [-0.1, -0.05) is 6.92 Å². The Balaban J connectivity index is 2.37. The topological polar surface area (TPSA) is 26.3 Å². The largest absolute Gasteiger partial charge is 0.368 e. The van der Waals surface area contributed by atoms with Gasteiger partial charge in [0.25, 0.3) is 0 Å². The van der Waals surface area contributed by atoms with Crippen molar-refractivity contribution >= 4 is 5.78 Å². The van der Waals surface area contributed by atoms with Crippen LogP contribution < -0.4 is 0 Å². The van der Waals surface area contributed by atoms with Gasteiger partial charge in [0.2, 0.25) is 0 Å². The standard InChI is InChI=1S/C8H14O2/c1-3-7(9)8-5-4-6(2)10-8/h6,8H,3-5H2,1-2H3. The van der Waals surface area contributed by atoms with Gasteiger partial charge in [-0.05, 0) is 19.8 Å². The highest BCUT2D eigenvalue weighted by molar-refractivity contribution is 5.82. The number of hydrogen-bond donors (Lipinski definition) is 0. The second kappa shape index (κ2) is 3.15. The van der Waals surface area contributed by atoms with Crippen molar-refractivity contribution in [2.45, 2.75) is 45.3 Å². The molecule has 0 aromatic rings. The van der Waals surface area contributed by atoms with E-state index >= 15 is 0 Å². The van der Waals surface area contributed by atoms with Crippen molar-refractivity contribution in [3.05, 3.63) is 0 Å². The Hall–Kier alpha value is -0.370. The van der Waals surface area contributed by atoms with Gasteiger partial charge in [0, 0.05) is 6.42 Å². The van der Waals surface area contributed by atoms with Crippen LogP contribution in [0.1, 0.15) is 33.1 Å². The summed E-state index contributed by atoms with van der Waals surface area (Å²) in [4.78, 5) is 11.0. The molecular formula is C8H14O2. The smallest absolute Gasteiger partial charge is 0.161 e. The highest BCUT2D eigenvalue weighted by Crippen LogP contribution is 2.20. The van der Waals surface area contributed by atoms with Crippen molar-refractivity contribution in [2.24, 2.45) is 0 Å². The Kier molecular flexibility index (Phi) is 2.44. The van der Waals surface area contributed by atoms with E-state index in [0.717, 1.165) is 12.8 Å². The van der Waals surface area contributed by atoms with Gasteiger partial charge >= 0.3 is 0 Å². The summed E-state index contributed by atoms with van der Waals surface area (Å²) in [7, 11) is 0. The second-order valence-electron chi connectivity index (χ2n) is 2.83. The van der Waals surface area contributed by atoms with Crippen LogP contribution in [0, 0.1) is 0 Å². The predicted octanol–water partition coefficient (Wildman–Crippen LogP) is 1.53. The number of rotatable bonds is 2. The molecule has 2 heteroatoms. The van der Waals surface area contributed by atoms with Crippen LogP contribution >= 0.6 is 0 Å². The normalized spacial score (nSPS) is 32.6. The molecule has 2 nitrogen and oxygen atoms in total. The van der Waals surface area contributed by atoms with Gasteiger partial charge in [-0.3, -0.25) is 4.79 Å². The third kappa shape index (κ3) is 1.57. The Labute approximate surface area is 61.6 Å². The zero-order chi connectivity index (χ0) is 7.56. The molecule has 58 valence electrons. The molecule has 1 aliphatic heterocycles. The van der Waals surface area contributed by atoms with Crippen molar-refractivity contribution in [1.29, 1.82) is 0 Å². The van der Waals surface area contributed by atoms with Gasteiger partial charge < -0.3 is 4.74 Å². The maximum absolute atomic E-state index is 11.0. The lowest BCUT2D eigenvalue weighted by molar-refractivity contribution is -0.129. The molecule has 1 saturated heterocycles. The monoisotopic (exact) mass is 142 g/mol. The predicted molar refractivity (Wildman–Crippen MR) is 38.9 cm³/mol. The summed E-state index contributed by atoms with van der Waals surface area (Å²) in [6, 6.07) is 0. The molecule has 1 fully saturated rings. The van der Waals surface area contributed by atoms with Crippen LogP contribution in [0.4, 0.5) is 0 Å². The highest BCUT2D eigenvalue weighted by atomic mass is 16.5. The zero-order valence-electron chi connectivity index (χ0n) is 6.59. The Bertz CT molecular complexity index is 131. The van der Waals surface area contributed by atoms with Crippen LogP contribution in [-0.4, -0.2) is 18.0 Å². The van der Waals surface area contributed by atoms with Crippen LogP contribution in [0.15, 0.2) is 0 Å². The Morgan fingerprint density at radius 1 is 1.60 bits per heavy atom. The average molecular weight is 142 g/mol. The second-order valence-corrected chi connectivity index (χ2v) is 2.83. The lowest BCUT2D eigenvalue weighted by atomic mass is 10.1. The van der Waals surface area contributed by atoms with Crippen molar-refractivity contribution < 1.29 is 9.53 Å². The summed E-state index contributed by atoms with van der Waals surface area (Å²) >= 11 is 0. The molecule has 1 heterocycles. The molecule has 0 radical (unpaired) electrons. The fourth-order valence-corrected chi connectivity index (χ4v) is 1.27. The molecule has 0 bridgehead atoms. The third-order valence-corrected chi connectivity index (χ3v) is 1.94. The number of ether oxygens (including phenoxy) is 1. The summed E-state index contributed by atoms with van der Waals surface area (Å²) < 4.78 is 5.36. The van der Waals surface area contributed by atoms with Gasteiger partial charge in [0.05, 0.1) is 6.10 Å². The first kappa shape index (κ1) is 7.73. The fraction of sp³-hybridized carbons (Fsp3) is 0.875. The molecule has 0 saturated carbocycles. The Morgan fingerprint density at radius 2 is 2.30 bits per heavy atom. The molecule has 2 unspecified atom stereocenters. The van der Waals surface area contributed by atoms with Gasteiger partial charge in [-0.15, -0.1) is 0 Å². The van der Waals surface area contributed by atoms with E-state index in [0.29, 0.717) is 12.5 Å². The van der Waals surface area contributed by atoms with Crippen LogP contribution in [0.25, 0.3) is 0 Å². The molecule has 0 aromatic heterocycles. The van der Waals surface area contributed by atoms with E-state index in [1.54, 1.807) is 0 Å². The summed E-state index contributed by atoms with van der Waals surface area (Å²) in [5, 5.41) is 0. The van der Waals surface area contributed by atoms with E-state index in [-0.39, 0.29) is 11.9 Å². The molecule has 0 amide bonds. The molecule has 2 atom stereocenters. The molecule has 10 heavy (non-hydrogen) atoms. The minimum Gasteiger partial charge on any atom is -0.368 e. The lowest BCUT2D eigenvalue weighted by Crippen LogP contribution is -2.19. The van der Waals surface area contributed by atoms with Gasteiger partial charge in [-0.2, -0.15) is 0 Å². The number of carbonyl (C=O) groups excluding carboxylic acids is 1. The van der Waals surface area contributed by atoms with E-state index in [4.69, 9.17) is 4.74 Å². The minimum absolute atomic E-state index is 0.0833. The number of hydrogen-bond acceptors (Lipinski definition) is 2. The molecule has 1 rings (SSSR count). The fourth-order valence-electron chi connectivity index (χ4n) is 1.27. The summed E-state index contributed by atoms with van der Waals surface area (Å²) in [6.07, 6.45) is 2.78. The van der Waals surface area contributed by atoms with Crippen LogP contribution in [-0.2, 0) is 9.53 Å². The van der Waals surface area contributed by atoms with Crippen LogP contribution in [0.3, 0.4) is 0 Å². The first-order valence-corrected chi connectivity index (χ1v) is 3.92. The van der Waals surface area contributed by atoms with E-state index < -0.39 is 0 Å². The van der Waals surface area contributed by atoms with E-state index in [9.17, 15) is 4.79 Å². The van der Waals surface area contributed by atoms with Gasteiger partial charge in [0.1, 0.15) is 6.10 Å². The van der Waals surface area contributed by atoms with E-state index in [1.807, 2.05) is 13.8 Å². The highest BCUT2D eigenvalue weighted by Gasteiger charge is 2.26. The first-order valence-electron chi connectivity index (χ1n) is 3.92. The third-order valence-electron chi connectivity index (χ3n) is 1.94. The molecule has 0 aromatic carbocycles. The van der Waals surface area contributed by atoms with Gasteiger partial charge in [-0.25, -0.2) is 0 Å². The molecule has 0 spiro atoms.